The lowest BCUT2D eigenvalue weighted by atomic mass is 9.84. The normalized spacial score (nSPS) is 13.3. The molecule has 5 heteroatoms. The molecule has 0 atom stereocenters. The van der Waals surface area contributed by atoms with Crippen LogP contribution in [0, 0.1) is 0 Å². The van der Waals surface area contributed by atoms with Crippen LogP contribution in [0.4, 0.5) is 0 Å². The second-order valence-corrected chi connectivity index (χ2v) is 15.4. The fourth-order valence-corrected chi connectivity index (χ4v) is 10.2. The lowest BCUT2D eigenvalue weighted by molar-refractivity contribution is 0.594. The number of hydrogen-bond acceptors (Lipinski definition) is 3. The molecular formula is C47H28N2O2S. The van der Waals surface area contributed by atoms with Crippen LogP contribution >= 0.6 is 0 Å². The second kappa shape index (κ2) is 10.7. The summed E-state index contributed by atoms with van der Waals surface area (Å²) >= 11 is 0. The maximum atomic E-state index is 14.6. The van der Waals surface area contributed by atoms with Crippen molar-refractivity contribution in [2.75, 3.05) is 0 Å². The van der Waals surface area contributed by atoms with E-state index in [-0.39, 0.29) is 9.79 Å². The highest BCUT2D eigenvalue weighted by Crippen LogP contribution is 2.48. The molecule has 2 heterocycles. The van der Waals surface area contributed by atoms with Gasteiger partial charge in [0.05, 0.1) is 26.5 Å². The van der Waals surface area contributed by atoms with Crippen LogP contribution in [0.2, 0.25) is 0 Å². The van der Waals surface area contributed by atoms with Gasteiger partial charge < -0.3 is 0 Å². The number of aromatic nitrogens is 2. The van der Waals surface area contributed by atoms with Crippen LogP contribution in [-0.4, -0.2) is 18.0 Å². The van der Waals surface area contributed by atoms with E-state index >= 15 is 0 Å². The summed E-state index contributed by atoms with van der Waals surface area (Å²) in [6, 6.07) is 57.9. The topological polar surface area (TPSA) is 52.0 Å². The van der Waals surface area contributed by atoms with Crippen molar-refractivity contribution in [2.24, 2.45) is 0 Å². The summed E-state index contributed by atoms with van der Waals surface area (Å²) in [5.74, 6) is 0.717. The van der Waals surface area contributed by atoms with E-state index in [1.54, 1.807) is 12.1 Å². The first-order valence-electron chi connectivity index (χ1n) is 17.4. The van der Waals surface area contributed by atoms with Crippen molar-refractivity contribution in [3.63, 3.8) is 0 Å². The molecule has 0 unspecified atom stereocenters. The number of hydrogen-bond donors (Lipinski definition) is 0. The average molecular weight is 685 g/mol. The Morgan fingerprint density at radius 3 is 1.75 bits per heavy atom. The maximum absolute atomic E-state index is 14.6. The van der Waals surface area contributed by atoms with Crippen molar-refractivity contribution >= 4 is 64.0 Å². The third kappa shape index (κ3) is 3.97. The molecule has 0 amide bonds. The number of sulfone groups is 1. The Morgan fingerprint density at radius 2 is 1.04 bits per heavy atom. The number of nitrogens with zero attached hydrogens (tertiary/aromatic N) is 2. The van der Waals surface area contributed by atoms with E-state index in [0.29, 0.717) is 16.7 Å². The van der Waals surface area contributed by atoms with Gasteiger partial charge >= 0.3 is 0 Å². The first-order chi connectivity index (χ1) is 25.6. The molecule has 52 heavy (non-hydrogen) atoms. The van der Waals surface area contributed by atoms with Crippen molar-refractivity contribution in [1.29, 1.82) is 0 Å². The second-order valence-electron chi connectivity index (χ2n) is 13.5. The molecule has 1 aliphatic rings. The fraction of sp³-hybridized carbons (Fsp3) is 0. The van der Waals surface area contributed by atoms with E-state index in [4.69, 9.17) is 4.98 Å². The molecule has 1 aromatic heterocycles. The van der Waals surface area contributed by atoms with Crippen LogP contribution in [0.25, 0.3) is 93.5 Å². The zero-order chi connectivity index (χ0) is 34.6. The third-order valence-corrected chi connectivity index (χ3v) is 12.5. The highest BCUT2D eigenvalue weighted by atomic mass is 32.2. The Bertz CT molecular complexity index is 3200. The monoisotopic (exact) mass is 684 g/mol. The Morgan fingerprint density at radius 1 is 0.442 bits per heavy atom. The Hall–Kier alpha value is -6.56. The largest absolute Gasteiger partial charge is 0.290 e. The predicted molar refractivity (Wildman–Crippen MR) is 213 cm³/mol. The van der Waals surface area contributed by atoms with Crippen molar-refractivity contribution < 1.29 is 8.42 Å². The van der Waals surface area contributed by atoms with E-state index in [1.165, 1.54) is 32.7 Å². The molecule has 1 aliphatic heterocycles. The summed E-state index contributed by atoms with van der Waals surface area (Å²) in [6.07, 6.45) is 0. The lowest BCUT2D eigenvalue weighted by Crippen LogP contribution is -2.15. The van der Waals surface area contributed by atoms with E-state index in [2.05, 4.69) is 109 Å². The van der Waals surface area contributed by atoms with Crippen LogP contribution in [0.3, 0.4) is 0 Å². The van der Waals surface area contributed by atoms with Gasteiger partial charge in [-0.2, -0.15) is 0 Å². The standard InChI is InChI=1S/C47H28N2O2S/c50-52(51)42-24-12-23-40-46(42)49(47(48-40)29-13-2-1-3-14-29)41-26-25-31(28-43(41)52)44-35-19-8-10-21-37(35)45(38-22-11-9-20-36(38)44)39-27-30-15-4-5-16-32(30)33-17-6-7-18-34(33)39/h1-28H. The highest BCUT2D eigenvalue weighted by Gasteiger charge is 2.34. The van der Waals surface area contributed by atoms with Crippen LogP contribution in [0.5, 0.6) is 0 Å². The maximum Gasteiger partial charge on any atom is 0.210 e. The summed E-state index contributed by atoms with van der Waals surface area (Å²) in [7, 11) is -3.87. The summed E-state index contributed by atoms with van der Waals surface area (Å²) in [6.45, 7) is 0. The number of benzene rings is 9. The minimum atomic E-state index is -3.87. The molecule has 4 nitrogen and oxygen atoms in total. The van der Waals surface area contributed by atoms with Gasteiger partial charge in [-0.1, -0.05) is 140 Å². The zero-order valence-electron chi connectivity index (χ0n) is 27.8. The number of rotatable bonds is 3. The van der Waals surface area contributed by atoms with E-state index in [1.807, 2.05) is 53.1 Å². The summed E-state index contributed by atoms with van der Waals surface area (Å²) in [5.41, 5.74) is 7.01. The van der Waals surface area contributed by atoms with E-state index < -0.39 is 9.84 Å². The Balaban J connectivity index is 1.22. The SMILES string of the molecule is O=S1(=O)c2cc(-c3c4ccccc4c(-c4cc5ccccc5c5ccccc45)c4ccccc34)ccc2-n2c(-c3ccccc3)nc3cccc1c32. The van der Waals surface area contributed by atoms with Crippen molar-refractivity contribution in [2.45, 2.75) is 9.79 Å². The first kappa shape index (κ1) is 29.2. The van der Waals surface area contributed by atoms with Gasteiger partial charge in [-0.3, -0.25) is 4.57 Å². The molecule has 0 fully saturated rings. The minimum absolute atomic E-state index is 0.276. The molecule has 0 saturated carbocycles. The summed E-state index contributed by atoms with van der Waals surface area (Å²) in [4.78, 5) is 5.51. The Labute approximate surface area is 299 Å². The molecule has 11 rings (SSSR count). The van der Waals surface area contributed by atoms with E-state index in [9.17, 15) is 8.42 Å². The first-order valence-corrected chi connectivity index (χ1v) is 18.9. The summed E-state index contributed by atoms with van der Waals surface area (Å²) < 4.78 is 31.2. The molecule has 0 saturated heterocycles. The molecule has 9 aromatic carbocycles. The molecular weight excluding hydrogens is 657 g/mol. The molecule has 10 aromatic rings. The van der Waals surface area contributed by atoms with Crippen molar-refractivity contribution in [3.8, 4) is 39.3 Å². The molecule has 0 spiro atoms. The molecule has 0 aliphatic carbocycles. The van der Waals surface area contributed by atoms with Gasteiger partial charge in [0.1, 0.15) is 5.82 Å². The van der Waals surface area contributed by atoms with Crippen LogP contribution in [0.15, 0.2) is 180 Å². The zero-order valence-corrected chi connectivity index (χ0v) is 28.6. The molecule has 0 radical (unpaired) electrons. The van der Waals surface area contributed by atoms with Gasteiger partial charge in [0.2, 0.25) is 9.84 Å². The van der Waals surface area contributed by atoms with E-state index in [0.717, 1.165) is 44.1 Å². The molecule has 0 bridgehead atoms. The van der Waals surface area contributed by atoms with Gasteiger partial charge in [-0.15, -0.1) is 0 Å². The third-order valence-electron chi connectivity index (χ3n) is 10.7. The lowest BCUT2D eigenvalue weighted by Gasteiger charge is -2.23. The van der Waals surface area contributed by atoms with Crippen molar-refractivity contribution in [1.82, 2.24) is 9.55 Å². The van der Waals surface area contributed by atoms with Gasteiger partial charge in [-0.25, -0.2) is 13.4 Å². The van der Waals surface area contributed by atoms with Gasteiger partial charge in [0, 0.05) is 5.56 Å². The van der Waals surface area contributed by atoms with Crippen molar-refractivity contribution in [3.05, 3.63) is 170 Å². The van der Waals surface area contributed by atoms with Gasteiger partial charge in [0.15, 0.2) is 0 Å². The molecule has 0 N–H and O–H groups in total. The van der Waals surface area contributed by atoms with Crippen LogP contribution in [0.1, 0.15) is 0 Å². The predicted octanol–water partition coefficient (Wildman–Crippen LogP) is 11.8. The quantitative estimate of drug-likeness (QED) is 0.137. The minimum Gasteiger partial charge on any atom is -0.290 e. The number of fused-ring (bicyclic) bond motifs is 7. The fourth-order valence-electron chi connectivity index (χ4n) is 8.51. The average Bonchev–Trinajstić information content (AvgIpc) is 3.59. The Kier molecular flexibility index (Phi) is 6.02. The summed E-state index contributed by atoms with van der Waals surface area (Å²) in [5, 5.41) is 9.20. The number of imidazole rings is 1. The molecule has 244 valence electrons. The smallest absolute Gasteiger partial charge is 0.210 e. The van der Waals surface area contributed by atoms with Crippen LogP contribution < -0.4 is 0 Å². The highest BCUT2D eigenvalue weighted by molar-refractivity contribution is 7.92. The van der Waals surface area contributed by atoms with Crippen LogP contribution in [-0.2, 0) is 9.84 Å². The number of para-hydroxylation sites is 1. The van der Waals surface area contributed by atoms with Gasteiger partial charge in [-0.05, 0) is 95.7 Å². The van der Waals surface area contributed by atoms with Gasteiger partial charge in [0.25, 0.3) is 0 Å².